The van der Waals surface area contributed by atoms with Crippen LogP contribution in [0.5, 0.6) is 0 Å². The van der Waals surface area contributed by atoms with Gasteiger partial charge in [-0.25, -0.2) is 0 Å². The van der Waals surface area contributed by atoms with Crippen molar-refractivity contribution >= 4 is 46.9 Å². The zero-order chi connectivity index (χ0) is 15.3. The smallest absolute Gasteiger partial charge is 0.244 e. The van der Waals surface area contributed by atoms with Gasteiger partial charge in [-0.1, -0.05) is 35.3 Å². The molecular formula is C15H17Cl2NO2S. The first-order chi connectivity index (χ1) is 10.0. The fourth-order valence-corrected chi connectivity index (χ4v) is 3.68. The molecule has 1 amide bonds. The van der Waals surface area contributed by atoms with Gasteiger partial charge in [0, 0.05) is 12.6 Å². The molecule has 0 unspecified atom stereocenters. The molecule has 0 radical (unpaired) electrons. The van der Waals surface area contributed by atoms with Gasteiger partial charge in [0.15, 0.2) is 0 Å². The Bertz CT molecular complexity index is 542. The van der Waals surface area contributed by atoms with Crippen LogP contribution in [0.4, 0.5) is 0 Å². The summed E-state index contributed by atoms with van der Waals surface area (Å²) in [4.78, 5) is 11.8. The molecule has 114 valence electrons. The van der Waals surface area contributed by atoms with Gasteiger partial charge in [-0.15, -0.1) is 0 Å². The van der Waals surface area contributed by atoms with Gasteiger partial charge in [-0.3, -0.25) is 4.79 Å². The second kappa shape index (κ2) is 7.54. The number of benzene rings is 1. The summed E-state index contributed by atoms with van der Waals surface area (Å²) in [5.74, 6) is 1.61. The van der Waals surface area contributed by atoms with Gasteiger partial charge in [-0.05, 0) is 42.1 Å². The fourth-order valence-electron chi connectivity index (χ4n) is 2.05. The van der Waals surface area contributed by atoms with E-state index in [9.17, 15) is 9.90 Å². The molecule has 1 heterocycles. The minimum Gasteiger partial charge on any atom is -0.388 e. The normalized spacial score (nSPS) is 17.9. The molecule has 1 aliphatic rings. The van der Waals surface area contributed by atoms with E-state index in [1.165, 1.54) is 6.08 Å². The second-order valence-corrected chi connectivity index (χ2v) is 7.04. The summed E-state index contributed by atoms with van der Waals surface area (Å²) in [6.45, 7) is 0.278. The lowest BCUT2D eigenvalue weighted by molar-refractivity contribution is -0.117. The summed E-state index contributed by atoms with van der Waals surface area (Å²) >= 11 is 13.8. The summed E-state index contributed by atoms with van der Waals surface area (Å²) in [7, 11) is 0. The first-order valence-electron chi connectivity index (χ1n) is 6.70. The second-order valence-electron chi connectivity index (χ2n) is 5.03. The molecule has 0 aromatic heterocycles. The van der Waals surface area contributed by atoms with E-state index in [4.69, 9.17) is 23.2 Å². The highest BCUT2D eigenvalue weighted by Gasteiger charge is 2.29. The van der Waals surface area contributed by atoms with Crippen LogP contribution in [0.3, 0.4) is 0 Å². The molecule has 0 aliphatic carbocycles. The van der Waals surface area contributed by atoms with Crippen LogP contribution in [0.2, 0.25) is 10.0 Å². The van der Waals surface area contributed by atoms with Gasteiger partial charge in [0.1, 0.15) is 0 Å². The Morgan fingerprint density at radius 1 is 1.38 bits per heavy atom. The van der Waals surface area contributed by atoms with Crippen LogP contribution in [0.1, 0.15) is 18.4 Å². The summed E-state index contributed by atoms with van der Waals surface area (Å²) in [5, 5.41) is 13.9. The molecule has 6 heteroatoms. The van der Waals surface area contributed by atoms with E-state index in [1.54, 1.807) is 24.3 Å². The number of hydrogen-bond donors (Lipinski definition) is 2. The Hall–Kier alpha value is -0.680. The van der Waals surface area contributed by atoms with Crippen LogP contribution in [0.15, 0.2) is 24.3 Å². The Balaban J connectivity index is 1.89. The van der Waals surface area contributed by atoms with Gasteiger partial charge in [0.2, 0.25) is 5.91 Å². The Kier molecular flexibility index (Phi) is 5.99. The standard InChI is InChI=1S/C15H17Cl2NO2S/c16-12-3-1-2-11(14(12)17)4-5-13(19)18-10-15(20)6-8-21-9-7-15/h1-5,20H,6-10H2,(H,18,19). The number of carbonyl (C=O) groups is 1. The largest absolute Gasteiger partial charge is 0.388 e. The van der Waals surface area contributed by atoms with Crippen molar-refractivity contribution in [2.45, 2.75) is 18.4 Å². The number of rotatable bonds is 4. The SMILES string of the molecule is O=C(C=Cc1cccc(Cl)c1Cl)NCC1(O)CCSCC1. The Labute approximate surface area is 138 Å². The van der Waals surface area contributed by atoms with E-state index in [0.29, 0.717) is 28.5 Å². The number of aliphatic hydroxyl groups is 1. The molecule has 21 heavy (non-hydrogen) atoms. The van der Waals surface area contributed by atoms with Crippen molar-refractivity contribution in [2.75, 3.05) is 18.1 Å². The monoisotopic (exact) mass is 345 g/mol. The third-order valence-corrected chi connectivity index (χ3v) is 5.23. The van der Waals surface area contributed by atoms with Crippen molar-refractivity contribution in [3.8, 4) is 0 Å². The van der Waals surface area contributed by atoms with Crippen molar-refractivity contribution in [1.82, 2.24) is 5.32 Å². The van der Waals surface area contributed by atoms with Crippen LogP contribution < -0.4 is 5.32 Å². The number of halogens is 2. The topological polar surface area (TPSA) is 49.3 Å². The predicted octanol–water partition coefficient (Wildman–Crippen LogP) is 3.38. The highest BCUT2D eigenvalue weighted by Crippen LogP contribution is 2.27. The molecule has 1 aromatic carbocycles. The minimum atomic E-state index is -0.775. The lowest BCUT2D eigenvalue weighted by Crippen LogP contribution is -2.44. The number of amides is 1. The summed E-state index contributed by atoms with van der Waals surface area (Å²) in [6.07, 6.45) is 4.44. The molecule has 1 aliphatic heterocycles. The van der Waals surface area contributed by atoms with Crippen LogP contribution >= 0.6 is 35.0 Å². The zero-order valence-corrected chi connectivity index (χ0v) is 13.8. The van der Waals surface area contributed by atoms with E-state index in [-0.39, 0.29) is 12.5 Å². The molecule has 0 bridgehead atoms. The van der Waals surface area contributed by atoms with Crippen molar-refractivity contribution in [2.24, 2.45) is 0 Å². The average Bonchev–Trinajstić information content (AvgIpc) is 2.47. The molecule has 0 spiro atoms. The highest BCUT2D eigenvalue weighted by atomic mass is 35.5. The van der Waals surface area contributed by atoms with Gasteiger partial charge >= 0.3 is 0 Å². The molecule has 1 saturated heterocycles. The highest BCUT2D eigenvalue weighted by molar-refractivity contribution is 7.99. The quantitative estimate of drug-likeness (QED) is 0.822. The van der Waals surface area contributed by atoms with Crippen LogP contribution in [0, 0.1) is 0 Å². The maximum atomic E-state index is 11.8. The lowest BCUT2D eigenvalue weighted by atomic mass is 9.97. The van der Waals surface area contributed by atoms with E-state index in [1.807, 2.05) is 11.8 Å². The molecular weight excluding hydrogens is 329 g/mol. The van der Waals surface area contributed by atoms with Crippen LogP contribution in [-0.4, -0.2) is 34.7 Å². The molecule has 0 saturated carbocycles. The summed E-state index contributed by atoms with van der Waals surface area (Å²) in [5.41, 5.74) is -0.0882. The zero-order valence-electron chi connectivity index (χ0n) is 11.4. The molecule has 1 aromatic rings. The molecule has 2 N–H and O–H groups in total. The first kappa shape index (κ1) is 16.7. The fraction of sp³-hybridized carbons (Fsp3) is 0.400. The molecule has 0 atom stereocenters. The van der Waals surface area contributed by atoms with E-state index >= 15 is 0 Å². The summed E-state index contributed by atoms with van der Waals surface area (Å²) in [6, 6.07) is 5.25. The maximum Gasteiger partial charge on any atom is 0.244 e. The number of thioether (sulfide) groups is 1. The predicted molar refractivity (Wildman–Crippen MR) is 90.0 cm³/mol. The Morgan fingerprint density at radius 3 is 2.81 bits per heavy atom. The molecule has 1 fully saturated rings. The Morgan fingerprint density at radius 2 is 2.10 bits per heavy atom. The number of nitrogens with one attached hydrogen (secondary N) is 1. The third-order valence-electron chi connectivity index (χ3n) is 3.41. The molecule has 2 rings (SSSR count). The number of hydrogen-bond acceptors (Lipinski definition) is 3. The van der Waals surface area contributed by atoms with E-state index < -0.39 is 5.60 Å². The number of carbonyl (C=O) groups excluding carboxylic acids is 1. The van der Waals surface area contributed by atoms with Crippen LogP contribution in [0.25, 0.3) is 6.08 Å². The van der Waals surface area contributed by atoms with Crippen molar-refractivity contribution < 1.29 is 9.90 Å². The summed E-state index contributed by atoms with van der Waals surface area (Å²) < 4.78 is 0. The van der Waals surface area contributed by atoms with Crippen LogP contribution in [-0.2, 0) is 4.79 Å². The van der Waals surface area contributed by atoms with Gasteiger partial charge in [-0.2, -0.15) is 11.8 Å². The third kappa shape index (κ3) is 4.92. The van der Waals surface area contributed by atoms with Gasteiger partial charge in [0.05, 0.1) is 15.6 Å². The van der Waals surface area contributed by atoms with Crippen molar-refractivity contribution in [1.29, 1.82) is 0 Å². The van der Waals surface area contributed by atoms with Gasteiger partial charge in [0.25, 0.3) is 0 Å². The van der Waals surface area contributed by atoms with E-state index in [2.05, 4.69) is 5.32 Å². The maximum absolute atomic E-state index is 11.8. The van der Waals surface area contributed by atoms with Crippen molar-refractivity contribution in [3.63, 3.8) is 0 Å². The minimum absolute atomic E-state index is 0.252. The average molecular weight is 346 g/mol. The first-order valence-corrected chi connectivity index (χ1v) is 8.61. The molecule has 3 nitrogen and oxygen atoms in total. The van der Waals surface area contributed by atoms with Crippen molar-refractivity contribution in [3.05, 3.63) is 39.9 Å². The lowest BCUT2D eigenvalue weighted by Gasteiger charge is -2.31. The van der Waals surface area contributed by atoms with E-state index in [0.717, 1.165) is 11.5 Å². The van der Waals surface area contributed by atoms with Gasteiger partial charge < -0.3 is 10.4 Å².